The lowest BCUT2D eigenvalue weighted by Gasteiger charge is -2.33. The Morgan fingerprint density at radius 1 is 0.938 bits per heavy atom. The second kappa shape index (κ2) is 11.3. The van der Waals surface area contributed by atoms with Gasteiger partial charge in [-0.05, 0) is 62.3 Å². The summed E-state index contributed by atoms with van der Waals surface area (Å²) in [5.41, 5.74) is 5.63. The number of nitrogens with one attached hydrogen (secondary N) is 1. The van der Waals surface area contributed by atoms with Crippen molar-refractivity contribution in [2.75, 3.05) is 0 Å². The van der Waals surface area contributed by atoms with E-state index in [1.165, 1.54) is 36.0 Å². The van der Waals surface area contributed by atoms with Crippen LogP contribution in [-0.4, -0.2) is 28.8 Å². The van der Waals surface area contributed by atoms with Crippen molar-refractivity contribution in [2.24, 2.45) is 0 Å². The molecule has 4 nitrogen and oxygen atoms in total. The number of nitrogens with zero attached hydrogens (tertiary/aromatic N) is 1. The molecule has 0 spiro atoms. The first kappa shape index (κ1) is 24.0. The van der Waals surface area contributed by atoms with Gasteiger partial charge in [-0.15, -0.1) is 0 Å². The molecular formula is C28H38N2O2. The molecule has 2 aromatic carbocycles. The van der Waals surface area contributed by atoms with Crippen LogP contribution in [0.3, 0.4) is 0 Å². The van der Waals surface area contributed by atoms with Gasteiger partial charge in [0.1, 0.15) is 6.04 Å². The van der Waals surface area contributed by atoms with Crippen LogP contribution < -0.4 is 5.32 Å². The Balaban J connectivity index is 1.81. The highest BCUT2D eigenvalue weighted by molar-refractivity contribution is 5.88. The minimum Gasteiger partial charge on any atom is -0.352 e. The molecule has 32 heavy (non-hydrogen) atoms. The number of rotatable bonds is 8. The van der Waals surface area contributed by atoms with Gasteiger partial charge in [0.25, 0.3) is 0 Å². The van der Waals surface area contributed by atoms with Crippen LogP contribution in [0.15, 0.2) is 42.5 Å². The smallest absolute Gasteiger partial charge is 0.243 e. The predicted molar refractivity (Wildman–Crippen MR) is 130 cm³/mol. The molecule has 1 fully saturated rings. The monoisotopic (exact) mass is 434 g/mol. The summed E-state index contributed by atoms with van der Waals surface area (Å²) in [6.45, 7) is 8.64. The Morgan fingerprint density at radius 2 is 1.59 bits per heavy atom. The lowest BCUT2D eigenvalue weighted by molar-refractivity contribution is -0.141. The van der Waals surface area contributed by atoms with Crippen molar-refractivity contribution in [1.29, 1.82) is 0 Å². The van der Waals surface area contributed by atoms with E-state index >= 15 is 0 Å². The zero-order chi connectivity index (χ0) is 23.1. The van der Waals surface area contributed by atoms with Crippen molar-refractivity contribution < 1.29 is 9.59 Å². The van der Waals surface area contributed by atoms with Crippen molar-refractivity contribution in [3.8, 4) is 0 Å². The molecular weight excluding hydrogens is 396 g/mol. The molecule has 1 aliphatic rings. The molecule has 0 saturated heterocycles. The number of aryl methyl sites for hydroxylation is 3. The Morgan fingerprint density at radius 3 is 2.22 bits per heavy atom. The van der Waals surface area contributed by atoms with Crippen molar-refractivity contribution in [3.63, 3.8) is 0 Å². The summed E-state index contributed by atoms with van der Waals surface area (Å²) < 4.78 is 0. The molecule has 0 aromatic heterocycles. The van der Waals surface area contributed by atoms with E-state index in [4.69, 9.17) is 0 Å². The highest BCUT2D eigenvalue weighted by Gasteiger charge is 2.30. The number of carbonyl (C=O) groups excluding carboxylic acids is 2. The SMILES string of the molecule is CC[C@@H](C(=O)NC1CCCCC1)N(Cc1ccc(C)cc1)C(=O)Cc1ccc(C)c(C)c1. The maximum Gasteiger partial charge on any atom is 0.243 e. The standard InChI is InChI=1S/C28H38N2O2/c1-5-26(28(32)29-25-9-7-6-8-10-25)30(19-23-14-11-20(2)12-15-23)27(31)18-24-16-13-21(3)22(4)17-24/h11-17,25-26H,5-10,18-19H2,1-4H3,(H,29,32)/t26-/m0/s1. The van der Waals surface area contributed by atoms with Gasteiger partial charge in [-0.25, -0.2) is 0 Å². The summed E-state index contributed by atoms with van der Waals surface area (Å²) >= 11 is 0. The highest BCUT2D eigenvalue weighted by atomic mass is 16.2. The first-order valence-corrected chi connectivity index (χ1v) is 12.1. The van der Waals surface area contributed by atoms with Gasteiger partial charge in [-0.2, -0.15) is 0 Å². The Bertz CT molecular complexity index is 914. The van der Waals surface area contributed by atoms with Crippen LogP contribution in [0.25, 0.3) is 0 Å². The Kier molecular flexibility index (Phi) is 8.49. The van der Waals surface area contributed by atoms with Gasteiger partial charge in [-0.3, -0.25) is 9.59 Å². The molecule has 4 heteroatoms. The molecule has 172 valence electrons. The molecule has 1 atom stereocenters. The maximum atomic E-state index is 13.5. The van der Waals surface area contributed by atoms with E-state index in [1.807, 2.05) is 13.0 Å². The van der Waals surface area contributed by atoms with Crippen LogP contribution in [0.4, 0.5) is 0 Å². The summed E-state index contributed by atoms with van der Waals surface area (Å²) in [7, 11) is 0. The minimum atomic E-state index is -0.461. The van der Waals surface area contributed by atoms with E-state index in [0.717, 1.165) is 24.0 Å². The fourth-order valence-electron chi connectivity index (χ4n) is 4.54. The fourth-order valence-corrected chi connectivity index (χ4v) is 4.54. The highest BCUT2D eigenvalue weighted by Crippen LogP contribution is 2.20. The van der Waals surface area contributed by atoms with E-state index in [0.29, 0.717) is 19.4 Å². The van der Waals surface area contributed by atoms with Crippen LogP contribution >= 0.6 is 0 Å². The summed E-state index contributed by atoms with van der Waals surface area (Å²) in [4.78, 5) is 28.6. The second-order valence-corrected chi connectivity index (χ2v) is 9.37. The van der Waals surface area contributed by atoms with E-state index in [-0.39, 0.29) is 17.9 Å². The van der Waals surface area contributed by atoms with Gasteiger partial charge in [-0.1, -0.05) is 74.2 Å². The van der Waals surface area contributed by atoms with Gasteiger partial charge in [0, 0.05) is 12.6 Å². The average molecular weight is 435 g/mol. The zero-order valence-electron chi connectivity index (χ0n) is 20.1. The van der Waals surface area contributed by atoms with Gasteiger partial charge in [0.15, 0.2) is 0 Å². The topological polar surface area (TPSA) is 49.4 Å². The number of carbonyl (C=O) groups is 2. The fraction of sp³-hybridized carbons (Fsp3) is 0.500. The van der Waals surface area contributed by atoms with Crippen LogP contribution in [0, 0.1) is 20.8 Å². The molecule has 0 radical (unpaired) electrons. The first-order chi connectivity index (χ1) is 15.4. The van der Waals surface area contributed by atoms with E-state index in [2.05, 4.69) is 62.5 Å². The van der Waals surface area contributed by atoms with Crippen LogP contribution in [0.2, 0.25) is 0 Å². The van der Waals surface area contributed by atoms with E-state index < -0.39 is 6.04 Å². The molecule has 0 aliphatic heterocycles. The van der Waals surface area contributed by atoms with Crippen molar-refractivity contribution in [3.05, 3.63) is 70.3 Å². The molecule has 0 heterocycles. The number of amides is 2. The zero-order valence-corrected chi connectivity index (χ0v) is 20.1. The van der Waals surface area contributed by atoms with Gasteiger partial charge in [0.2, 0.25) is 11.8 Å². The van der Waals surface area contributed by atoms with Crippen LogP contribution in [0.5, 0.6) is 0 Å². The summed E-state index contributed by atoms with van der Waals surface area (Å²) in [6.07, 6.45) is 6.56. The molecule has 2 amide bonds. The van der Waals surface area contributed by atoms with E-state index in [9.17, 15) is 9.59 Å². The van der Waals surface area contributed by atoms with Gasteiger partial charge >= 0.3 is 0 Å². The van der Waals surface area contributed by atoms with Crippen molar-refractivity contribution in [2.45, 2.75) is 91.3 Å². The third-order valence-electron chi connectivity index (χ3n) is 6.74. The molecule has 0 unspecified atom stereocenters. The van der Waals surface area contributed by atoms with E-state index in [1.54, 1.807) is 4.90 Å². The molecule has 3 rings (SSSR count). The third kappa shape index (κ3) is 6.44. The largest absolute Gasteiger partial charge is 0.352 e. The maximum absolute atomic E-state index is 13.5. The molecule has 1 aliphatic carbocycles. The van der Waals surface area contributed by atoms with Crippen molar-refractivity contribution in [1.82, 2.24) is 10.2 Å². The lowest BCUT2D eigenvalue weighted by atomic mass is 9.95. The van der Waals surface area contributed by atoms with Gasteiger partial charge in [0.05, 0.1) is 6.42 Å². The molecule has 2 aromatic rings. The van der Waals surface area contributed by atoms with Crippen LogP contribution in [-0.2, 0) is 22.6 Å². The van der Waals surface area contributed by atoms with Crippen molar-refractivity contribution >= 4 is 11.8 Å². The normalized spacial score (nSPS) is 15.2. The first-order valence-electron chi connectivity index (χ1n) is 12.1. The lowest BCUT2D eigenvalue weighted by Crippen LogP contribution is -2.51. The molecule has 1 N–H and O–H groups in total. The summed E-state index contributed by atoms with van der Waals surface area (Å²) in [5, 5.41) is 3.25. The average Bonchev–Trinajstić information content (AvgIpc) is 2.78. The number of hydrogen-bond donors (Lipinski definition) is 1. The second-order valence-electron chi connectivity index (χ2n) is 9.37. The molecule has 1 saturated carbocycles. The number of benzene rings is 2. The molecule has 0 bridgehead atoms. The van der Waals surface area contributed by atoms with Crippen LogP contribution in [0.1, 0.15) is 73.3 Å². The Labute approximate surface area is 193 Å². The Hall–Kier alpha value is -2.62. The predicted octanol–water partition coefficient (Wildman–Crippen LogP) is 5.41. The number of hydrogen-bond acceptors (Lipinski definition) is 2. The quantitative estimate of drug-likeness (QED) is 0.604. The third-order valence-corrected chi connectivity index (χ3v) is 6.74. The van der Waals surface area contributed by atoms with Gasteiger partial charge < -0.3 is 10.2 Å². The summed E-state index contributed by atoms with van der Waals surface area (Å²) in [6, 6.07) is 14.2. The minimum absolute atomic E-state index is 0.000489. The summed E-state index contributed by atoms with van der Waals surface area (Å²) in [5.74, 6) is -0.0144.